The van der Waals surface area contributed by atoms with Gasteiger partial charge in [-0.2, -0.15) is 5.26 Å². The van der Waals surface area contributed by atoms with Crippen LogP contribution in [0.3, 0.4) is 0 Å². The molecule has 7 heteroatoms. The van der Waals surface area contributed by atoms with Gasteiger partial charge in [-0.05, 0) is 30.2 Å². The number of benzene rings is 2. The van der Waals surface area contributed by atoms with Gasteiger partial charge >= 0.3 is 0 Å². The van der Waals surface area contributed by atoms with Gasteiger partial charge in [-0.15, -0.1) is 0 Å². The summed E-state index contributed by atoms with van der Waals surface area (Å²) >= 11 is 0. The zero-order valence-electron chi connectivity index (χ0n) is 18.5. The van der Waals surface area contributed by atoms with Crippen molar-refractivity contribution in [3.63, 3.8) is 0 Å². The first-order chi connectivity index (χ1) is 15.0. The molecule has 0 aliphatic carbocycles. The minimum Gasteiger partial charge on any atom is -0.398 e. The maximum atomic E-state index is 9.52. The lowest BCUT2D eigenvalue weighted by molar-refractivity contribution is 0.176. The number of nitrogens with zero attached hydrogens (tertiary/aromatic N) is 5. The SMILES string of the molecule is CON=C1/C(=C/c2ccccc2C#N)N(C)/C(=N/OC)C(C)(Cc2ccccc2)N1C. The highest BCUT2D eigenvalue weighted by Gasteiger charge is 2.47. The predicted molar refractivity (Wildman–Crippen MR) is 122 cm³/mol. The first-order valence-corrected chi connectivity index (χ1v) is 9.91. The first kappa shape index (κ1) is 21.9. The molecule has 1 aliphatic heterocycles. The van der Waals surface area contributed by atoms with Crippen LogP contribution in [-0.4, -0.2) is 55.3 Å². The highest BCUT2D eigenvalue weighted by molar-refractivity contribution is 6.12. The molecule has 3 rings (SSSR count). The molecule has 160 valence electrons. The van der Waals surface area contributed by atoms with Crippen molar-refractivity contribution in [3.8, 4) is 6.07 Å². The van der Waals surface area contributed by atoms with Gasteiger partial charge < -0.3 is 19.5 Å². The maximum Gasteiger partial charge on any atom is 0.192 e. The minimum absolute atomic E-state index is 0.560. The Hall–Kier alpha value is -3.79. The second-order valence-corrected chi connectivity index (χ2v) is 7.48. The lowest BCUT2D eigenvalue weighted by Gasteiger charge is -2.49. The molecule has 2 aromatic carbocycles. The van der Waals surface area contributed by atoms with Gasteiger partial charge in [-0.25, -0.2) is 0 Å². The van der Waals surface area contributed by atoms with Crippen LogP contribution < -0.4 is 0 Å². The molecule has 0 saturated carbocycles. The quantitative estimate of drug-likeness (QED) is 0.694. The first-order valence-electron chi connectivity index (χ1n) is 9.91. The van der Waals surface area contributed by atoms with E-state index in [0.29, 0.717) is 17.8 Å². The third kappa shape index (κ3) is 4.24. The standard InChI is InChI=1S/C24H27N5O2/c1-24(16-18-11-7-6-8-12-18)23(27-31-5)28(2)21(22(26-30-4)29(24)3)15-19-13-9-10-14-20(19)17-25/h6-15H,16H2,1-5H3/b21-15-,26-22?,27-23+. The van der Waals surface area contributed by atoms with Crippen molar-refractivity contribution in [1.82, 2.24) is 9.80 Å². The van der Waals surface area contributed by atoms with Gasteiger partial charge in [0.15, 0.2) is 11.7 Å². The summed E-state index contributed by atoms with van der Waals surface area (Å²) in [6.45, 7) is 2.10. The van der Waals surface area contributed by atoms with Crippen molar-refractivity contribution in [2.75, 3.05) is 28.3 Å². The van der Waals surface area contributed by atoms with Gasteiger partial charge in [0.1, 0.15) is 19.8 Å². The second-order valence-electron chi connectivity index (χ2n) is 7.48. The van der Waals surface area contributed by atoms with Crippen LogP contribution >= 0.6 is 0 Å². The molecular weight excluding hydrogens is 390 g/mol. The molecule has 0 aromatic heterocycles. The Balaban J connectivity index is 2.17. The monoisotopic (exact) mass is 417 g/mol. The highest BCUT2D eigenvalue weighted by atomic mass is 16.6. The van der Waals surface area contributed by atoms with Crippen molar-refractivity contribution in [3.05, 3.63) is 77.0 Å². The molecule has 7 nitrogen and oxygen atoms in total. The number of piperazine rings is 1. The molecule has 0 radical (unpaired) electrons. The Bertz CT molecular complexity index is 1060. The van der Waals surface area contributed by atoms with Crippen molar-refractivity contribution in [2.24, 2.45) is 10.3 Å². The van der Waals surface area contributed by atoms with Crippen LogP contribution in [0, 0.1) is 11.3 Å². The Morgan fingerprint density at radius 1 is 1.00 bits per heavy atom. The van der Waals surface area contributed by atoms with Crippen LogP contribution in [-0.2, 0) is 16.1 Å². The molecule has 1 unspecified atom stereocenters. The van der Waals surface area contributed by atoms with E-state index in [4.69, 9.17) is 9.68 Å². The third-order valence-corrected chi connectivity index (χ3v) is 5.57. The van der Waals surface area contributed by atoms with Gasteiger partial charge in [-0.1, -0.05) is 58.8 Å². The Morgan fingerprint density at radius 3 is 2.29 bits per heavy atom. The number of likely N-dealkylation sites (N-methyl/N-ethyl adjacent to an activating group) is 2. The fourth-order valence-corrected chi connectivity index (χ4v) is 3.85. The van der Waals surface area contributed by atoms with E-state index < -0.39 is 5.54 Å². The number of nitriles is 1. The van der Waals surface area contributed by atoms with E-state index in [1.807, 2.05) is 66.4 Å². The summed E-state index contributed by atoms with van der Waals surface area (Å²) in [5, 5.41) is 18.2. The fraction of sp³-hybridized carbons (Fsp3) is 0.292. The van der Waals surface area contributed by atoms with Crippen molar-refractivity contribution >= 4 is 17.7 Å². The summed E-state index contributed by atoms with van der Waals surface area (Å²) in [5.41, 5.74) is 2.70. The molecule has 1 aliphatic rings. The van der Waals surface area contributed by atoms with Gasteiger partial charge in [0.05, 0.1) is 17.3 Å². The number of amidine groups is 2. The summed E-state index contributed by atoms with van der Waals surface area (Å²) in [7, 11) is 6.94. The summed E-state index contributed by atoms with van der Waals surface area (Å²) in [5.74, 6) is 1.35. The van der Waals surface area contributed by atoms with E-state index in [1.54, 1.807) is 6.07 Å². The molecule has 1 fully saturated rings. The zero-order chi connectivity index (χ0) is 22.4. The smallest absolute Gasteiger partial charge is 0.192 e. The normalized spacial score (nSPS) is 22.6. The molecular formula is C24H27N5O2. The summed E-state index contributed by atoms with van der Waals surface area (Å²) < 4.78 is 0. The molecule has 0 amide bonds. The van der Waals surface area contributed by atoms with E-state index in [9.17, 15) is 5.26 Å². The molecule has 31 heavy (non-hydrogen) atoms. The van der Waals surface area contributed by atoms with Crippen LogP contribution in [0.4, 0.5) is 0 Å². The van der Waals surface area contributed by atoms with Crippen molar-refractivity contribution < 1.29 is 9.68 Å². The molecule has 0 bridgehead atoms. The summed E-state index contributed by atoms with van der Waals surface area (Å²) in [4.78, 5) is 14.4. The van der Waals surface area contributed by atoms with Gasteiger partial charge in [-0.3, -0.25) is 0 Å². The van der Waals surface area contributed by atoms with Crippen LogP contribution in [0.15, 0.2) is 70.6 Å². The van der Waals surface area contributed by atoms with Crippen LogP contribution in [0.1, 0.15) is 23.6 Å². The molecule has 1 atom stereocenters. The molecule has 0 N–H and O–H groups in total. The highest BCUT2D eigenvalue weighted by Crippen LogP contribution is 2.33. The fourth-order valence-electron chi connectivity index (χ4n) is 3.85. The number of rotatable bonds is 5. The third-order valence-electron chi connectivity index (χ3n) is 5.57. The van der Waals surface area contributed by atoms with Crippen LogP contribution in [0.25, 0.3) is 6.08 Å². The Morgan fingerprint density at radius 2 is 1.65 bits per heavy atom. The number of hydrogen-bond donors (Lipinski definition) is 0. The second kappa shape index (κ2) is 9.35. The number of oxime groups is 2. The van der Waals surface area contributed by atoms with Crippen LogP contribution in [0.5, 0.6) is 0 Å². The lowest BCUT2D eigenvalue weighted by atomic mass is 9.86. The average molecular weight is 418 g/mol. The summed E-state index contributed by atoms with van der Waals surface area (Å²) in [6.07, 6.45) is 2.60. The average Bonchev–Trinajstić information content (AvgIpc) is 2.78. The molecule has 2 aromatic rings. The van der Waals surface area contributed by atoms with E-state index in [1.165, 1.54) is 14.2 Å². The zero-order valence-corrected chi connectivity index (χ0v) is 18.5. The van der Waals surface area contributed by atoms with Gasteiger partial charge in [0.2, 0.25) is 0 Å². The molecule has 1 saturated heterocycles. The largest absolute Gasteiger partial charge is 0.398 e. The molecule has 1 heterocycles. The van der Waals surface area contributed by atoms with Crippen molar-refractivity contribution in [2.45, 2.75) is 18.9 Å². The van der Waals surface area contributed by atoms with E-state index in [-0.39, 0.29) is 0 Å². The minimum atomic E-state index is -0.560. The Kier molecular flexibility index (Phi) is 6.61. The topological polar surface area (TPSA) is 73.4 Å². The number of hydrogen-bond acceptors (Lipinski definition) is 5. The van der Waals surface area contributed by atoms with E-state index in [0.717, 1.165) is 22.7 Å². The van der Waals surface area contributed by atoms with Crippen LogP contribution in [0.2, 0.25) is 0 Å². The van der Waals surface area contributed by atoms with E-state index in [2.05, 4.69) is 35.4 Å². The lowest BCUT2D eigenvalue weighted by Crippen LogP contribution is -2.64. The predicted octanol–water partition coefficient (Wildman–Crippen LogP) is 3.70. The van der Waals surface area contributed by atoms with Crippen molar-refractivity contribution in [1.29, 1.82) is 5.26 Å². The Labute approximate surface area is 183 Å². The van der Waals surface area contributed by atoms with Gasteiger partial charge in [0.25, 0.3) is 0 Å². The maximum absolute atomic E-state index is 9.52. The molecule has 0 spiro atoms. The summed E-state index contributed by atoms with van der Waals surface area (Å²) in [6, 6.07) is 19.9. The van der Waals surface area contributed by atoms with E-state index >= 15 is 0 Å². The van der Waals surface area contributed by atoms with Gasteiger partial charge in [0, 0.05) is 20.5 Å².